The molecule has 0 heterocycles. The van der Waals surface area contributed by atoms with Gasteiger partial charge < -0.3 is 14.6 Å². The van der Waals surface area contributed by atoms with E-state index in [0.717, 1.165) is 16.8 Å². The number of ether oxygens (including phenoxy) is 2. The van der Waals surface area contributed by atoms with Crippen LogP contribution in [0.15, 0.2) is 61.7 Å². The highest BCUT2D eigenvalue weighted by Crippen LogP contribution is 2.36. The number of carbonyl (C=O) groups excluding carboxylic acids is 1. The quantitative estimate of drug-likeness (QED) is 0.298. The highest BCUT2D eigenvalue weighted by Gasteiger charge is 2.14. The second-order valence-electron chi connectivity index (χ2n) is 3.98. The molecule has 0 aliphatic carbocycles. The molecule has 1 N–H and O–H groups in total. The second kappa shape index (κ2) is 6.04. The molecule has 0 bridgehead atoms. The van der Waals surface area contributed by atoms with Gasteiger partial charge in [-0.3, -0.25) is 0 Å². The molecule has 2 aromatic rings. The molecule has 0 radical (unpaired) electrons. The molecule has 0 aliphatic heterocycles. The molecule has 2 aromatic carbocycles. The van der Waals surface area contributed by atoms with Crippen molar-refractivity contribution in [3.63, 3.8) is 0 Å². The van der Waals surface area contributed by atoms with E-state index in [1.165, 1.54) is 6.08 Å². The number of carbonyl (C=O) groups is 1. The Bertz CT molecular complexity index is 661. The summed E-state index contributed by atoms with van der Waals surface area (Å²) in [6.07, 6.45) is 1.10. The molecule has 20 heavy (non-hydrogen) atoms. The Morgan fingerprint density at radius 2 is 1.95 bits per heavy atom. The van der Waals surface area contributed by atoms with Crippen LogP contribution in [-0.4, -0.2) is 17.4 Å². The smallest absolute Gasteiger partial charge is 0.335 e. The van der Waals surface area contributed by atoms with Gasteiger partial charge in [0.25, 0.3) is 0 Å². The van der Waals surface area contributed by atoms with Crippen LogP contribution in [0, 0.1) is 0 Å². The Balaban J connectivity index is 2.54. The number of esters is 1. The molecular weight excluding hydrogens is 256 g/mol. The normalized spacial score (nSPS) is 11.7. The lowest BCUT2D eigenvalue weighted by atomic mass is 10.1. The maximum absolute atomic E-state index is 11.3. The number of rotatable bonds is 5. The summed E-state index contributed by atoms with van der Waals surface area (Å²) in [5.41, 5.74) is 0. The molecular formula is C16H14O4. The van der Waals surface area contributed by atoms with E-state index < -0.39 is 12.3 Å². The third-order valence-electron chi connectivity index (χ3n) is 2.66. The van der Waals surface area contributed by atoms with E-state index in [2.05, 4.69) is 13.2 Å². The van der Waals surface area contributed by atoms with Gasteiger partial charge >= 0.3 is 5.97 Å². The number of aliphatic hydroxyl groups excluding tert-OH is 1. The fourth-order valence-corrected chi connectivity index (χ4v) is 1.74. The topological polar surface area (TPSA) is 55.8 Å². The standard InChI is InChI=1S/C16H14O4/c1-3-14(17)19-13-10-9-11-7-5-6-8-12(11)16(13)20-15(18)4-2/h3-10,15,18H,1-2H2. The van der Waals surface area contributed by atoms with Crippen molar-refractivity contribution >= 4 is 16.7 Å². The summed E-state index contributed by atoms with van der Waals surface area (Å²) < 4.78 is 10.5. The first-order valence-corrected chi connectivity index (χ1v) is 5.99. The van der Waals surface area contributed by atoms with Crippen LogP contribution in [0.2, 0.25) is 0 Å². The van der Waals surface area contributed by atoms with Gasteiger partial charge in [-0.25, -0.2) is 4.79 Å². The molecule has 2 rings (SSSR count). The largest absolute Gasteiger partial charge is 0.457 e. The zero-order valence-corrected chi connectivity index (χ0v) is 10.8. The van der Waals surface area contributed by atoms with E-state index in [9.17, 15) is 9.90 Å². The molecule has 0 saturated carbocycles. The fraction of sp³-hybridized carbons (Fsp3) is 0.0625. The molecule has 102 valence electrons. The van der Waals surface area contributed by atoms with Gasteiger partial charge in [-0.1, -0.05) is 43.5 Å². The van der Waals surface area contributed by atoms with Crippen molar-refractivity contribution in [3.8, 4) is 11.5 Å². The third-order valence-corrected chi connectivity index (χ3v) is 2.66. The predicted octanol–water partition coefficient (Wildman–Crippen LogP) is 2.81. The Morgan fingerprint density at radius 1 is 1.20 bits per heavy atom. The first-order chi connectivity index (χ1) is 9.65. The highest BCUT2D eigenvalue weighted by atomic mass is 16.6. The van der Waals surface area contributed by atoms with Crippen LogP contribution < -0.4 is 9.47 Å². The number of hydrogen-bond acceptors (Lipinski definition) is 4. The monoisotopic (exact) mass is 270 g/mol. The summed E-state index contributed by atoms with van der Waals surface area (Å²) in [5.74, 6) is -0.0987. The van der Waals surface area contributed by atoms with Gasteiger partial charge in [0.1, 0.15) is 0 Å². The minimum Gasteiger partial charge on any atom is -0.457 e. The minimum absolute atomic E-state index is 0.217. The molecule has 4 nitrogen and oxygen atoms in total. The number of aliphatic hydroxyl groups is 1. The highest BCUT2D eigenvalue weighted by molar-refractivity contribution is 5.92. The molecule has 0 aliphatic rings. The van der Waals surface area contributed by atoms with Gasteiger partial charge in [0.15, 0.2) is 11.5 Å². The Kier molecular flexibility index (Phi) is 4.17. The predicted molar refractivity (Wildman–Crippen MR) is 76.6 cm³/mol. The summed E-state index contributed by atoms with van der Waals surface area (Å²) in [5, 5.41) is 11.2. The van der Waals surface area contributed by atoms with E-state index in [0.29, 0.717) is 0 Å². The van der Waals surface area contributed by atoms with Crippen LogP contribution >= 0.6 is 0 Å². The average molecular weight is 270 g/mol. The molecule has 0 spiro atoms. The van der Waals surface area contributed by atoms with Gasteiger partial charge in [-0.2, -0.15) is 0 Å². The Labute approximate surface area is 116 Å². The summed E-state index contributed by atoms with van der Waals surface area (Å²) in [6, 6.07) is 10.8. The summed E-state index contributed by atoms with van der Waals surface area (Å²) in [4.78, 5) is 11.3. The van der Waals surface area contributed by atoms with Crippen LogP contribution in [0.5, 0.6) is 11.5 Å². The van der Waals surface area contributed by atoms with Crippen molar-refractivity contribution in [2.24, 2.45) is 0 Å². The molecule has 1 atom stereocenters. The van der Waals surface area contributed by atoms with Gasteiger partial charge in [0, 0.05) is 11.5 Å². The van der Waals surface area contributed by atoms with E-state index >= 15 is 0 Å². The van der Waals surface area contributed by atoms with E-state index in [1.54, 1.807) is 12.1 Å². The van der Waals surface area contributed by atoms with Gasteiger partial charge in [0.05, 0.1) is 0 Å². The van der Waals surface area contributed by atoms with E-state index in [-0.39, 0.29) is 11.5 Å². The van der Waals surface area contributed by atoms with Crippen molar-refractivity contribution in [1.82, 2.24) is 0 Å². The zero-order valence-electron chi connectivity index (χ0n) is 10.8. The first kappa shape index (κ1) is 13.8. The lowest BCUT2D eigenvalue weighted by Crippen LogP contribution is -2.13. The lowest BCUT2D eigenvalue weighted by Gasteiger charge is -2.15. The molecule has 0 amide bonds. The van der Waals surface area contributed by atoms with Crippen LogP contribution in [0.25, 0.3) is 10.8 Å². The number of hydrogen-bond donors (Lipinski definition) is 1. The Hall–Kier alpha value is -2.59. The maximum Gasteiger partial charge on any atom is 0.335 e. The van der Waals surface area contributed by atoms with Crippen molar-refractivity contribution in [2.45, 2.75) is 6.29 Å². The minimum atomic E-state index is -1.19. The van der Waals surface area contributed by atoms with Crippen LogP contribution in [-0.2, 0) is 4.79 Å². The van der Waals surface area contributed by atoms with Crippen molar-refractivity contribution < 1.29 is 19.4 Å². The SMILES string of the molecule is C=CC(=O)Oc1ccc2ccccc2c1OC(O)C=C. The number of fused-ring (bicyclic) bond motifs is 1. The van der Waals surface area contributed by atoms with Crippen LogP contribution in [0.4, 0.5) is 0 Å². The van der Waals surface area contributed by atoms with Crippen LogP contribution in [0.1, 0.15) is 0 Å². The van der Waals surface area contributed by atoms with Crippen molar-refractivity contribution in [1.29, 1.82) is 0 Å². The average Bonchev–Trinajstić information content (AvgIpc) is 2.49. The lowest BCUT2D eigenvalue weighted by molar-refractivity contribution is -0.129. The molecule has 4 heteroatoms. The van der Waals surface area contributed by atoms with E-state index in [1.807, 2.05) is 24.3 Å². The molecule has 1 unspecified atom stereocenters. The van der Waals surface area contributed by atoms with Gasteiger partial charge in [-0.15, -0.1) is 0 Å². The third kappa shape index (κ3) is 2.87. The Morgan fingerprint density at radius 3 is 2.65 bits per heavy atom. The summed E-state index contributed by atoms with van der Waals surface area (Å²) in [7, 11) is 0. The second-order valence-corrected chi connectivity index (χ2v) is 3.98. The summed E-state index contributed by atoms with van der Waals surface area (Å²) >= 11 is 0. The zero-order chi connectivity index (χ0) is 14.5. The fourth-order valence-electron chi connectivity index (χ4n) is 1.74. The van der Waals surface area contributed by atoms with Crippen molar-refractivity contribution in [3.05, 3.63) is 61.7 Å². The van der Waals surface area contributed by atoms with Gasteiger partial charge in [0.2, 0.25) is 6.29 Å². The number of benzene rings is 2. The molecule has 0 saturated heterocycles. The van der Waals surface area contributed by atoms with Gasteiger partial charge in [-0.05, 0) is 17.5 Å². The maximum atomic E-state index is 11.3. The van der Waals surface area contributed by atoms with E-state index in [4.69, 9.17) is 9.47 Å². The first-order valence-electron chi connectivity index (χ1n) is 5.99. The molecule has 0 aromatic heterocycles. The summed E-state index contributed by atoms with van der Waals surface area (Å²) in [6.45, 7) is 6.79. The molecule has 0 fully saturated rings. The van der Waals surface area contributed by atoms with Crippen LogP contribution in [0.3, 0.4) is 0 Å². The van der Waals surface area contributed by atoms with Crippen molar-refractivity contribution in [2.75, 3.05) is 0 Å².